The molecule has 1 amide bonds. The molecule has 2 heterocycles. The number of hydrogen-bond acceptors (Lipinski definition) is 5. The van der Waals surface area contributed by atoms with Crippen LogP contribution in [0.15, 0.2) is 18.2 Å². The Balaban J connectivity index is 1.53. The molecule has 2 aliphatic heterocycles. The molecule has 136 valence electrons. The predicted octanol–water partition coefficient (Wildman–Crippen LogP) is 2.26. The average Bonchev–Trinajstić information content (AvgIpc) is 2.90. The minimum absolute atomic E-state index is 0.0157. The third kappa shape index (κ3) is 3.20. The molecule has 3 atom stereocenters. The van der Waals surface area contributed by atoms with Crippen LogP contribution in [0.1, 0.15) is 36.5 Å². The van der Waals surface area contributed by atoms with Crippen LogP contribution in [0.3, 0.4) is 0 Å². The van der Waals surface area contributed by atoms with Crippen molar-refractivity contribution in [3.05, 3.63) is 23.8 Å². The molecular weight excluding hydrogens is 322 g/mol. The van der Waals surface area contributed by atoms with Crippen LogP contribution in [-0.4, -0.2) is 62.0 Å². The Morgan fingerprint density at radius 3 is 2.88 bits per heavy atom. The van der Waals surface area contributed by atoms with Gasteiger partial charge in [-0.15, -0.1) is 0 Å². The van der Waals surface area contributed by atoms with Crippen LogP contribution in [-0.2, 0) is 9.47 Å². The van der Waals surface area contributed by atoms with E-state index in [1.165, 1.54) is 0 Å². The van der Waals surface area contributed by atoms with Crippen molar-refractivity contribution in [2.24, 2.45) is 0 Å². The molecule has 1 aliphatic carbocycles. The molecule has 6 nitrogen and oxygen atoms in total. The summed E-state index contributed by atoms with van der Waals surface area (Å²) in [6.07, 6.45) is 2.79. The van der Waals surface area contributed by atoms with Gasteiger partial charge in [-0.2, -0.15) is 0 Å². The summed E-state index contributed by atoms with van der Waals surface area (Å²) in [6.45, 7) is 5.10. The number of carbonyl (C=O) groups excluding carboxylic acids is 1. The zero-order chi connectivity index (χ0) is 17.2. The van der Waals surface area contributed by atoms with Gasteiger partial charge in [-0.1, -0.05) is 0 Å². The normalized spacial score (nSPS) is 28.4. The van der Waals surface area contributed by atoms with Gasteiger partial charge in [0, 0.05) is 25.1 Å². The lowest BCUT2D eigenvalue weighted by Gasteiger charge is -2.39. The SMILES string of the molecule is CCO[C@@H]1CC[C@@H]2[C@@H]1OCCN2C(=O)c1ccc2c(c1)OCCCO2. The lowest BCUT2D eigenvalue weighted by atomic mass is 10.1. The van der Waals surface area contributed by atoms with Crippen molar-refractivity contribution >= 4 is 5.91 Å². The predicted molar refractivity (Wildman–Crippen MR) is 91.3 cm³/mol. The summed E-state index contributed by atoms with van der Waals surface area (Å²) in [6, 6.07) is 5.56. The fraction of sp³-hybridized carbons (Fsp3) is 0.632. The number of nitrogens with zero attached hydrogens (tertiary/aromatic N) is 1. The first-order valence-corrected chi connectivity index (χ1v) is 9.21. The molecule has 3 aliphatic rings. The van der Waals surface area contributed by atoms with Crippen molar-refractivity contribution < 1.29 is 23.7 Å². The van der Waals surface area contributed by atoms with Crippen LogP contribution in [0.5, 0.6) is 11.5 Å². The number of carbonyl (C=O) groups is 1. The highest BCUT2D eigenvalue weighted by atomic mass is 16.5. The maximum absolute atomic E-state index is 13.1. The molecule has 6 heteroatoms. The van der Waals surface area contributed by atoms with Crippen LogP contribution in [0, 0.1) is 0 Å². The number of morpholine rings is 1. The first-order chi connectivity index (χ1) is 12.3. The Bertz CT molecular complexity index is 634. The zero-order valence-corrected chi connectivity index (χ0v) is 14.6. The highest BCUT2D eigenvalue weighted by Gasteiger charge is 2.45. The Kier molecular flexibility index (Phi) is 4.81. The van der Waals surface area contributed by atoms with E-state index in [0.29, 0.717) is 50.0 Å². The summed E-state index contributed by atoms with van der Waals surface area (Å²) >= 11 is 0. The van der Waals surface area contributed by atoms with E-state index in [9.17, 15) is 4.79 Å². The Morgan fingerprint density at radius 2 is 2.04 bits per heavy atom. The molecule has 0 radical (unpaired) electrons. The van der Waals surface area contributed by atoms with Crippen molar-refractivity contribution in [1.29, 1.82) is 0 Å². The number of fused-ring (bicyclic) bond motifs is 2. The summed E-state index contributed by atoms with van der Waals surface area (Å²) in [5.41, 5.74) is 0.643. The van der Waals surface area contributed by atoms with E-state index in [0.717, 1.165) is 19.3 Å². The summed E-state index contributed by atoms with van der Waals surface area (Å²) in [4.78, 5) is 15.1. The number of hydrogen-bond donors (Lipinski definition) is 0. The largest absolute Gasteiger partial charge is 0.490 e. The fourth-order valence-corrected chi connectivity index (χ4v) is 4.02. The van der Waals surface area contributed by atoms with E-state index in [4.69, 9.17) is 18.9 Å². The Labute approximate surface area is 148 Å². The monoisotopic (exact) mass is 347 g/mol. The molecule has 0 bridgehead atoms. The molecule has 25 heavy (non-hydrogen) atoms. The van der Waals surface area contributed by atoms with Gasteiger partial charge in [0.05, 0.1) is 32.0 Å². The average molecular weight is 347 g/mol. The number of benzene rings is 1. The van der Waals surface area contributed by atoms with Gasteiger partial charge in [0.15, 0.2) is 11.5 Å². The first-order valence-electron chi connectivity index (χ1n) is 9.21. The third-order valence-electron chi connectivity index (χ3n) is 5.17. The second kappa shape index (κ2) is 7.22. The molecule has 0 spiro atoms. The molecular formula is C19H25NO5. The maximum atomic E-state index is 13.1. The molecule has 0 aromatic heterocycles. The summed E-state index contributed by atoms with van der Waals surface area (Å²) in [5, 5.41) is 0. The van der Waals surface area contributed by atoms with Gasteiger partial charge >= 0.3 is 0 Å². The Morgan fingerprint density at radius 1 is 1.20 bits per heavy atom. The topological polar surface area (TPSA) is 57.2 Å². The highest BCUT2D eigenvalue weighted by Crippen LogP contribution is 2.35. The van der Waals surface area contributed by atoms with Crippen LogP contribution < -0.4 is 9.47 Å². The number of amides is 1. The van der Waals surface area contributed by atoms with Crippen molar-refractivity contribution in [2.75, 3.05) is 33.0 Å². The fourth-order valence-electron chi connectivity index (χ4n) is 4.02. The summed E-state index contributed by atoms with van der Waals surface area (Å²) in [7, 11) is 0. The molecule has 1 aromatic rings. The van der Waals surface area contributed by atoms with Crippen LogP contribution in [0.4, 0.5) is 0 Å². The van der Waals surface area contributed by atoms with E-state index < -0.39 is 0 Å². The second-order valence-corrected chi connectivity index (χ2v) is 6.68. The van der Waals surface area contributed by atoms with E-state index in [1.54, 1.807) is 0 Å². The summed E-state index contributed by atoms with van der Waals surface area (Å²) < 4.78 is 23.1. The standard InChI is InChI=1S/C19H25NO5/c1-2-22-16-7-5-14-18(16)25-11-8-20(14)19(21)13-4-6-15-17(12-13)24-10-3-9-23-15/h4,6,12,14,16,18H,2-3,5,7-11H2,1H3/t14-,16-,18+/m1/s1. The van der Waals surface area contributed by atoms with Gasteiger partial charge in [-0.3, -0.25) is 4.79 Å². The highest BCUT2D eigenvalue weighted by molar-refractivity contribution is 5.95. The molecule has 0 N–H and O–H groups in total. The van der Waals surface area contributed by atoms with Crippen LogP contribution in [0.2, 0.25) is 0 Å². The molecule has 2 fully saturated rings. The number of rotatable bonds is 3. The lowest BCUT2D eigenvalue weighted by molar-refractivity contribution is -0.102. The zero-order valence-electron chi connectivity index (χ0n) is 14.6. The van der Waals surface area contributed by atoms with Gasteiger partial charge in [-0.25, -0.2) is 0 Å². The minimum Gasteiger partial charge on any atom is -0.490 e. The smallest absolute Gasteiger partial charge is 0.254 e. The van der Waals surface area contributed by atoms with Gasteiger partial charge in [0.25, 0.3) is 5.91 Å². The van der Waals surface area contributed by atoms with E-state index in [1.807, 2.05) is 30.0 Å². The van der Waals surface area contributed by atoms with Gasteiger partial charge in [0.2, 0.25) is 0 Å². The molecule has 1 aromatic carbocycles. The molecule has 1 saturated carbocycles. The quantitative estimate of drug-likeness (QED) is 0.839. The molecule has 1 saturated heterocycles. The van der Waals surface area contributed by atoms with Gasteiger partial charge in [-0.05, 0) is 38.0 Å². The van der Waals surface area contributed by atoms with Crippen LogP contribution >= 0.6 is 0 Å². The van der Waals surface area contributed by atoms with E-state index >= 15 is 0 Å². The minimum atomic E-state index is -0.0157. The van der Waals surface area contributed by atoms with Crippen molar-refractivity contribution in [2.45, 2.75) is 44.4 Å². The molecule has 0 unspecified atom stereocenters. The van der Waals surface area contributed by atoms with Crippen molar-refractivity contribution in [1.82, 2.24) is 4.90 Å². The Hall–Kier alpha value is -1.79. The number of ether oxygens (including phenoxy) is 4. The van der Waals surface area contributed by atoms with Gasteiger partial charge in [0.1, 0.15) is 6.10 Å². The van der Waals surface area contributed by atoms with E-state index in [-0.39, 0.29) is 24.2 Å². The summed E-state index contributed by atoms with van der Waals surface area (Å²) in [5.74, 6) is 1.41. The third-order valence-corrected chi connectivity index (χ3v) is 5.17. The van der Waals surface area contributed by atoms with E-state index in [2.05, 4.69) is 0 Å². The van der Waals surface area contributed by atoms with Crippen molar-refractivity contribution in [3.8, 4) is 11.5 Å². The first kappa shape index (κ1) is 16.7. The van der Waals surface area contributed by atoms with Crippen LogP contribution in [0.25, 0.3) is 0 Å². The maximum Gasteiger partial charge on any atom is 0.254 e. The second-order valence-electron chi connectivity index (χ2n) is 6.68. The lowest BCUT2D eigenvalue weighted by Crippen LogP contribution is -2.53. The van der Waals surface area contributed by atoms with Gasteiger partial charge < -0.3 is 23.8 Å². The molecule has 4 rings (SSSR count). The van der Waals surface area contributed by atoms with Crippen molar-refractivity contribution in [3.63, 3.8) is 0 Å².